The van der Waals surface area contributed by atoms with E-state index in [1.54, 1.807) is 6.07 Å². The van der Waals surface area contributed by atoms with Crippen LogP contribution >= 0.6 is 15.9 Å². The Morgan fingerprint density at radius 2 is 1.71 bits per heavy atom. The molecule has 0 aromatic heterocycles. The van der Waals surface area contributed by atoms with Gasteiger partial charge in [-0.3, -0.25) is 0 Å². The molecule has 1 aromatic rings. The zero-order valence-corrected chi connectivity index (χ0v) is 12.4. The van der Waals surface area contributed by atoms with Crippen LogP contribution in [0.1, 0.15) is 45.6 Å². The summed E-state index contributed by atoms with van der Waals surface area (Å²) in [6.07, 6.45) is 3.28. The quantitative estimate of drug-likeness (QED) is 0.806. The predicted octanol–water partition coefficient (Wildman–Crippen LogP) is 4.65. The van der Waals surface area contributed by atoms with Gasteiger partial charge in [0, 0.05) is 16.6 Å². The molecule has 0 atom stereocenters. The van der Waals surface area contributed by atoms with E-state index >= 15 is 0 Å². The van der Waals surface area contributed by atoms with Crippen LogP contribution in [0.4, 0.5) is 4.39 Å². The molecule has 0 saturated carbocycles. The maximum absolute atomic E-state index is 13.2. The van der Waals surface area contributed by atoms with E-state index in [0.717, 1.165) is 29.3 Å². The summed E-state index contributed by atoms with van der Waals surface area (Å²) in [6, 6.07) is 5.03. The molecule has 1 rings (SSSR count). The van der Waals surface area contributed by atoms with Gasteiger partial charge >= 0.3 is 0 Å². The molecule has 0 amide bonds. The Bertz CT molecular complexity index is 333. The van der Waals surface area contributed by atoms with Gasteiger partial charge in [-0.25, -0.2) is 4.39 Å². The summed E-state index contributed by atoms with van der Waals surface area (Å²) >= 11 is 3.32. The molecule has 0 aliphatic carbocycles. The molecule has 96 valence electrons. The Morgan fingerprint density at radius 1 is 1.12 bits per heavy atom. The van der Waals surface area contributed by atoms with E-state index < -0.39 is 0 Å². The minimum absolute atomic E-state index is 0.179. The van der Waals surface area contributed by atoms with Crippen LogP contribution < -0.4 is 5.32 Å². The van der Waals surface area contributed by atoms with Crippen molar-refractivity contribution in [1.29, 1.82) is 0 Å². The van der Waals surface area contributed by atoms with Gasteiger partial charge < -0.3 is 5.32 Å². The highest BCUT2D eigenvalue weighted by Crippen LogP contribution is 2.21. The number of halogens is 2. The van der Waals surface area contributed by atoms with Crippen molar-refractivity contribution >= 4 is 15.9 Å². The van der Waals surface area contributed by atoms with Crippen LogP contribution in [0.3, 0.4) is 0 Å². The van der Waals surface area contributed by atoms with Crippen molar-refractivity contribution in [1.82, 2.24) is 5.32 Å². The summed E-state index contributed by atoms with van der Waals surface area (Å²) in [7, 11) is 0. The van der Waals surface area contributed by atoms with E-state index in [4.69, 9.17) is 0 Å². The van der Waals surface area contributed by atoms with E-state index in [-0.39, 0.29) is 11.4 Å². The third kappa shape index (κ3) is 4.07. The molecule has 17 heavy (non-hydrogen) atoms. The van der Waals surface area contributed by atoms with Crippen molar-refractivity contribution in [2.75, 3.05) is 0 Å². The van der Waals surface area contributed by atoms with Gasteiger partial charge in [-0.1, -0.05) is 36.7 Å². The molecule has 0 aliphatic heterocycles. The number of nitrogens with one attached hydrogen (secondary N) is 1. The molecule has 1 aromatic carbocycles. The van der Waals surface area contributed by atoms with Gasteiger partial charge in [0.05, 0.1) is 0 Å². The lowest BCUT2D eigenvalue weighted by atomic mass is 9.89. The molecule has 0 saturated heterocycles. The average Bonchev–Trinajstić information content (AvgIpc) is 2.30. The highest BCUT2D eigenvalue weighted by molar-refractivity contribution is 9.10. The third-order valence-corrected chi connectivity index (χ3v) is 4.08. The highest BCUT2D eigenvalue weighted by Gasteiger charge is 2.22. The Balaban J connectivity index is 2.71. The molecule has 0 heterocycles. The van der Waals surface area contributed by atoms with E-state index in [9.17, 15) is 4.39 Å². The maximum atomic E-state index is 13.2. The Morgan fingerprint density at radius 3 is 2.18 bits per heavy atom. The fourth-order valence-electron chi connectivity index (χ4n) is 2.13. The molecule has 0 unspecified atom stereocenters. The minimum atomic E-state index is -0.189. The standard InChI is InChI=1S/C14H21BrFN/c1-4-14(5-2,6-3)17-10-11-7-12(15)9-13(16)8-11/h7-9,17H,4-6,10H2,1-3H3. The number of hydrogen-bond acceptors (Lipinski definition) is 1. The van der Waals surface area contributed by atoms with Crippen LogP contribution in [0.5, 0.6) is 0 Å². The smallest absolute Gasteiger partial charge is 0.124 e. The Hall–Kier alpha value is -0.410. The molecule has 1 nitrogen and oxygen atoms in total. The lowest BCUT2D eigenvalue weighted by Gasteiger charge is -2.32. The minimum Gasteiger partial charge on any atom is -0.307 e. The lowest BCUT2D eigenvalue weighted by molar-refractivity contribution is 0.288. The van der Waals surface area contributed by atoms with Crippen LogP contribution in [0.25, 0.3) is 0 Å². The summed E-state index contributed by atoms with van der Waals surface area (Å²) in [5, 5.41) is 3.57. The summed E-state index contributed by atoms with van der Waals surface area (Å²) < 4.78 is 14.0. The van der Waals surface area contributed by atoms with Crippen LogP contribution in [0.2, 0.25) is 0 Å². The van der Waals surface area contributed by atoms with E-state index in [1.165, 1.54) is 6.07 Å². The van der Waals surface area contributed by atoms with Gasteiger partial charge in [-0.15, -0.1) is 0 Å². The molecule has 0 spiro atoms. The number of benzene rings is 1. The van der Waals surface area contributed by atoms with Crippen molar-refractivity contribution in [2.24, 2.45) is 0 Å². The van der Waals surface area contributed by atoms with Crippen LogP contribution in [-0.2, 0) is 6.54 Å². The van der Waals surface area contributed by atoms with Crippen molar-refractivity contribution < 1.29 is 4.39 Å². The molecular formula is C14H21BrFN. The first-order chi connectivity index (χ1) is 8.05. The van der Waals surface area contributed by atoms with E-state index in [1.807, 2.05) is 6.07 Å². The normalized spacial score (nSPS) is 11.8. The molecule has 3 heteroatoms. The number of rotatable bonds is 6. The fraction of sp³-hybridized carbons (Fsp3) is 0.571. The van der Waals surface area contributed by atoms with Gasteiger partial charge in [0.1, 0.15) is 5.82 Å². The summed E-state index contributed by atoms with van der Waals surface area (Å²) in [5.74, 6) is -0.189. The summed E-state index contributed by atoms with van der Waals surface area (Å²) in [4.78, 5) is 0. The predicted molar refractivity (Wildman–Crippen MR) is 74.5 cm³/mol. The fourth-order valence-corrected chi connectivity index (χ4v) is 2.64. The van der Waals surface area contributed by atoms with Gasteiger partial charge in [0.25, 0.3) is 0 Å². The van der Waals surface area contributed by atoms with Crippen LogP contribution in [0.15, 0.2) is 22.7 Å². The molecule has 1 N–H and O–H groups in total. The van der Waals surface area contributed by atoms with Gasteiger partial charge in [0.15, 0.2) is 0 Å². The van der Waals surface area contributed by atoms with Crippen LogP contribution in [0, 0.1) is 5.82 Å². The summed E-state index contributed by atoms with van der Waals surface area (Å²) in [6.45, 7) is 7.30. The van der Waals surface area contributed by atoms with Crippen LogP contribution in [-0.4, -0.2) is 5.54 Å². The maximum Gasteiger partial charge on any atom is 0.124 e. The zero-order valence-electron chi connectivity index (χ0n) is 10.8. The average molecular weight is 302 g/mol. The SMILES string of the molecule is CCC(CC)(CC)NCc1cc(F)cc(Br)c1. The topological polar surface area (TPSA) is 12.0 Å². The first-order valence-corrected chi connectivity index (χ1v) is 7.04. The molecule has 0 bridgehead atoms. The molecule has 0 radical (unpaired) electrons. The largest absolute Gasteiger partial charge is 0.307 e. The Kier molecular flexibility index (Phi) is 5.60. The molecule has 0 aliphatic rings. The molecular weight excluding hydrogens is 281 g/mol. The second-order valence-electron chi connectivity index (χ2n) is 4.47. The second-order valence-corrected chi connectivity index (χ2v) is 5.39. The molecule has 0 fully saturated rings. The van der Waals surface area contributed by atoms with Gasteiger partial charge in [-0.2, -0.15) is 0 Å². The van der Waals surface area contributed by atoms with Crippen molar-refractivity contribution in [3.05, 3.63) is 34.1 Å². The number of hydrogen-bond donors (Lipinski definition) is 1. The van der Waals surface area contributed by atoms with E-state index in [2.05, 4.69) is 42.0 Å². The van der Waals surface area contributed by atoms with Crippen molar-refractivity contribution in [2.45, 2.75) is 52.1 Å². The van der Waals surface area contributed by atoms with Gasteiger partial charge in [0.2, 0.25) is 0 Å². The van der Waals surface area contributed by atoms with E-state index in [0.29, 0.717) is 6.54 Å². The lowest BCUT2D eigenvalue weighted by Crippen LogP contribution is -2.43. The monoisotopic (exact) mass is 301 g/mol. The second kappa shape index (κ2) is 6.50. The summed E-state index contributed by atoms with van der Waals surface area (Å²) in [5.41, 5.74) is 1.16. The zero-order chi connectivity index (χ0) is 12.9. The Labute approximate surface area is 112 Å². The highest BCUT2D eigenvalue weighted by atomic mass is 79.9. The first-order valence-electron chi connectivity index (χ1n) is 6.25. The first kappa shape index (κ1) is 14.7. The third-order valence-electron chi connectivity index (χ3n) is 3.62. The van der Waals surface area contributed by atoms with Crippen molar-refractivity contribution in [3.8, 4) is 0 Å². The van der Waals surface area contributed by atoms with Crippen molar-refractivity contribution in [3.63, 3.8) is 0 Å². The van der Waals surface area contributed by atoms with Gasteiger partial charge in [-0.05, 0) is 43.0 Å².